The fraction of sp³-hybridized carbons (Fsp3) is 0.500. The lowest BCUT2D eigenvalue weighted by molar-refractivity contribution is -0.358. The number of hydrogen-bond acceptors (Lipinski definition) is 6. The van der Waals surface area contributed by atoms with Crippen molar-refractivity contribution >= 4 is 0 Å². The first-order valence-electron chi connectivity index (χ1n) is 7.27. The van der Waals surface area contributed by atoms with Crippen LogP contribution in [0.2, 0.25) is 0 Å². The van der Waals surface area contributed by atoms with Crippen molar-refractivity contribution in [3.8, 4) is 0 Å². The molecular weight excluding hydrogens is 288 g/mol. The van der Waals surface area contributed by atoms with Gasteiger partial charge < -0.3 is 29.2 Å². The van der Waals surface area contributed by atoms with Crippen molar-refractivity contribution in [1.29, 1.82) is 0 Å². The van der Waals surface area contributed by atoms with E-state index in [1.165, 1.54) is 0 Å². The molecule has 0 aliphatic carbocycles. The first-order chi connectivity index (χ1) is 10.7. The van der Waals surface area contributed by atoms with Crippen LogP contribution >= 0.6 is 0 Å². The molecule has 0 aromatic heterocycles. The fourth-order valence-electron chi connectivity index (χ4n) is 2.72. The number of hydrogen-bond donors (Lipinski definition) is 2. The third-order valence-corrected chi connectivity index (χ3v) is 3.81. The molecule has 0 radical (unpaired) electrons. The summed E-state index contributed by atoms with van der Waals surface area (Å²) in [6.07, 6.45) is -3.31. The summed E-state index contributed by atoms with van der Waals surface area (Å²) in [6.45, 7) is 3.98. The van der Waals surface area contributed by atoms with Gasteiger partial charge in [-0.1, -0.05) is 36.4 Å². The van der Waals surface area contributed by atoms with Gasteiger partial charge in [-0.05, 0) is 0 Å². The van der Waals surface area contributed by atoms with Crippen molar-refractivity contribution in [1.82, 2.24) is 0 Å². The van der Waals surface area contributed by atoms with Crippen LogP contribution in [0.5, 0.6) is 0 Å². The van der Waals surface area contributed by atoms with Gasteiger partial charge in [0, 0.05) is 5.56 Å². The number of benzene rings is 1. The molecule has 2 fully saturated rings. The van der Waals surface area contributed by atoms with E-state index in [1.807, 2.05) is 30.3 Å². The minimum atomic E-state index is -1.23. The predicted molar refractivity (Wildman–Crippen MR) is 76.8 cm³/mol. The van der Waals surface area contributed by atoms with Crippen LogP contribution in [0.1, 0.15) is 11.9 Å². The summed E-state index contributed by atoms with van der Waals surface area (Å²) in [6, 6.07) is 9.47. The molecule has 1 aromatic rings. The fourth-order valence-corrected chi connectivity index (χ4v) is 2.72. The zero-order chi connectivity index (χ0) is 15.5. The number of rotatable bonds is 4. The molecule has 0 bridgehead atoms. The Morgan fingerprint density at radius 3 is 2.73 bits per heavy atom. The Morgan fingerprint density at radius 2 is 2.00 bits per heavy atom. The van der Waals surface area contributed by atoms with Gasteiger partial charge in [0.2, 0.25) is 0 Å². The molecule has 6 atom stereocenters. The average Bonchev–Trinajstić information content (AvgIpc) is 2.55. The van der Waals surface area contributed by atoms with Crippen molar-refractivity contribution in [3.63, 3.8) is 0 Å². The second kappa shape index (κ2) is 6.87. The van der Waals surface area contributed by atoms with Crippen molar-refractivity contribution in [2.75, 3.05) is 13.2 Å². The number of ether oxygens (including phenoxy) is 4. The summed E-state index contributed by atoms with van der Waals surface area (Å²) in [5.41, 5.74) is 0.864. The maximum absolute atomic E-state index is 10.4. The lowest BCUT2D eigenvalue weighted by Crippen LogP contribution is -2.62. The second-order valence-corrected chi connectivity index (χ2v) is 5.32. The molecule has 0 saturated carbocycles. The Bertz CT molecular complexity index is 493. The minimum absolute atomic E-state index is 0.206. The highest BCUT2D eigenvalue weighted by Gasteiger charge is 2.49. The molecule has 2 aliphatic rings. The van der Waals surface area contributed by atoms with E-state index < -0.39 is 37.0 Å². The Hall–Kier alpha value is -1.28. The zero-order valence-electron chi connectivity index (χ0n) is 12.1. The molecule has 1 aromatic carbocycles. The van der Waals surface area contributed by atoms with Gasteiger partial charge in [0.05, 0.1) is 13.2 Å². The summed E-state index contributed by atoms with van der Waals surface area (Å²) < 4.78 is 22.3. The van der Waals surface area contributed by atoms with E-state index in [0.29, 0.717) is 0 Å². The Balaban J connectivity index is 1.72. The first kappa shape index (κ1) is 15.6. The van der Waals surface area contributed by atoms with E-state index in [4.69, 9.17) is 18.9 Å². The largest absolute Gasteiger partial charge is 0.387 e. The van der Waals surface area contributed by atoms with Crippen molar-refractivity contribution in [3.05, 3.63) is 48.6 Å². The van der Waals surface area contributed by atoms with Gasteiger partial charge in [0.15, 0.2) is 12.6 Å². The molecule has 2 N–H and O–H groups in total. The molecule has 2 heterocycles. The highest BCUT2D eigenvalue weighted by molar-refractivity contribution is 5.16. The van der Waals surface area contributed by atoms with Gasteiger partial charge in [-0.3, -0.25) is 0 Å². The lowest BCUT2D eigenvalue weighted by atomic mass is 9.97. The topological polar surface area (TPSA) is 77.4 Å². The molecule has 2 saturated heterocycles. The Labute approximate surface area is 128 Å². The van der Waals surface area contributed by atoms with Gasteiger partial charge in [-0.15, -0.1) is 6.58 Å². The average molecular weight is 308 g/mol. The maximum atomic E-state index is 10.4. The summed E-state index contributed by atoms with van der Waals surface area (Å²) in [5, 5.41) is 20.4. The number of fused-ring (bicyclic) bond motifs is 1. The standard InChI is InChI=1S/C16H20O6/c1-2-8-19-14-12(17)13-11(21-15(14)18)9-20-16(22-13)10-6-4-3-5-7-10/h2-7,11-18H,1,8-9H2/t11-,12+,13+,14-,15-,16?/m1/s1. The Kier molecular flexibility index (Phi) is 4.87. The summed E-state index contributed by atoms with van der Waals surface area (Å²) in [5.74, 6) is 0. The molecular formula is C16H20O6. The maximum Gasteiger partial charge on any atom is 0.184 e. The number of aliphatic hydroxyl groups excluding tert-OH is 2. The number of aliphatic hydroxyl groups is 2. The molecule has 3 rings (SSSR count). The van der Waals surface area contributed by atoms with Gasteiger partial charge in [0.1, 0.15) is 24.4 Å². The van der Waals surface area contributed by atoms with Crippen molar-refractivity contribution in [2.24, 2.45) is 0 Å². The lowest BCUT2D eigenvalue weighted by Gasteiger charge is -2.46. The third kappa shape index (κ3) is 3.08. The van der Waals surface area contributed by atoms with Crippen molar-refractivity contribution in [2.45, 2.75) is 37.0 Å². The third-order valence-electron chi connectivity index (χ3n) is 3.81. The van der Waals surface area contributed by atoms with Crippen LogP contribution in [0.3, 0.4) is 0 Å². The molecule has 0 amide bonds. The van der Waals surface area contributed by atoms with Gasteiger partial charge >= 0.3 is 0 Å². The van der Waals surface area contributed by atoms with Gasteiger partial charge in [-0.2, -0.15) is 0 Å². The zero-order valence-corrected chi connectivity index (χ0v) is 12.1. The predicted octanol–water partition coefficient (Wildman–Crippen LogP) is 0.750. The van der Waals surface area contributed by atoms with Crippen molar-refractivity contribution < 1.29 is 29.2 Å². The first-order valence-corrected chi connectivity index (χ1v) is 7.27. The summed E-state index contributed by atoms with van der Waals surface area (Å²) in [4.78, 5) is 0. The van der Waals surface area contributed by atoms with E-state index in [0.717, 1.165) is 5.56 Å². The normalized spacial score (nSPS) is 38.3. The minimum Gasteiger partial charge on any atom is -0.387 e. The smallest absolute Gasteiger partial charge is 0.184 e. The van der Waals surface area contributed by atoms with Crippen LogP contribution in [-0.4, -0.2) is 54.1 Å². The van der Waals surface area contributed by atoms with E-state index >= 15 is 0 Å². The van der Waals surface area contributed by atoms with Gasteiger partial charge in [-0.25, -0.2) is 0 Å². The molecule has 2 aliphatic heterocycles. The molecule has 6 nitrogen and oxygen atoms in total. The SMILES string of the molecule is C=CCO[C@@H]1[C@@H](O)[C@H]2OC(c3ccccc3)OC[C@H]2O[C@H]1O. The summed E-state index contributed by atoms with van der Waals surface area (Å²) >= 11 is 0. The molecule has 0 spiro atoms. The highest BCUT2D eigenvalue weighted by atomic mass is 16.7. The van der Waals surface area contributed by atoms with Crippen LogP contribution in [0.15, 0.2) is 43.0 Å². The molecule has 120 valence electrons. The van der Waals surface area contributed by atoms with Gasteiger partial charge in [0.25, 0.3) is 0 Å². The van der Waals surface area contributed by atoms with Crippen LogP contribution in [0.25, 0.3) is 0 Å². The molecule has 22 heavy (non-hydrogen) atoms. The Morgan fingerprint density at radius 1 is 1.23 bits per heavy atom. The quantitative estimate of drug-likeness (QED) is 0.799. The molecule has 6 heteroatoms. The second-order valence-electron chi connectivity index (χ2n) is 5.32. The van der Waals surface area contributed by atoms with E-state index in [2.05, 4.69) is 6.58 Å². The van der Waals surface area contributed by atoms with Crippen LogP contribution < -0.4 is 0 Å². The van der Waals surface area contributed by atoms with Crippen LogP contribution in [-0.2, 0) is 18.9 Å². The highest BCUT2D eigenvalue weighted by Crippen LogP contribution is 2.34. The monoisotopic (exact) mass is 308 g/mol. The van der Waals surface area contributed by atoms with Crippen LogP contribution in [0, 0.1) is 0 Å². The van der Waals surface area contributed by atoms with Crippen LogP contribution in [0.4, 0.5) is 0 Å². The van der Waals surface area contributed by atoms with E-state index in [-0.39, 0.29) is 13.2 Å². The van der Waals surface area contributed by atoms with E-state index in [1.54, 1.807) is 6.08 Å². The summed E-state index contributed by atoms with van der Waals surface area (Å²) in [7, 11) is 0. The van der Waals surface area contributed by atoms with E-state index in [9.17, 15) is 10.2 Å². The molecule has 1 unspecified atom stereocenters.